The van der Waals surface area contributed by atoms with Gasteiger partial charge in [0.2, 0.25) is 0 Å². The molecule has 158 valence electrons. The fourth-order valence-corrected chi connectivity index (χ4v) is 4.31. The average molecular weight is 413 g/mol. The van der Waals surface area contributed by atoms with Crippen LogP contribution < -0.4 is 5.48 Å². The Balaban J connectivity index is 0.00000256. The lowest BCUT2D eigenvalue weighted by Gasteiger charge is -2.36. The molecule has 30 heavy (non-hydrogen) atoms. The van der Waals surface area contributed by atoms with Crippen LogP contribution in [-0.4, -0.2) is 20.9 Å². The van der Waals surface area contributed by atoms with E-state index in [0.29, 0.717) is 36.9 Å². The Hall–Kier alpha value is -3.06. The predicted molar refractivity (Wildman–Crippen MR) is 109 cm³/mol. The van der Waals surface area contributed by atoms with E-state index in [9.17, 15) is 18.8 Å². The summed E-state index contributed by atoms with van der Waals surface area (Å²) in [6, 6.07) is 10.9. The summed E-state index contributed by atoms with van der Waals surface area (Å²) in [6.07, 6.45) is 2.97. The number of hydrogen-bond donors (Lipinski definition) is 2. The monoisotopic (exact) mass is 413 g/mol. The van der Waals surface area contributed by atoms with Gasteiger partial charge in [-0.15, -0.1) is 0 Å². The van der Waals surface area contributed by atoms with Crippen LogP contribution in [0.3, 0.4) is 0 Å². The van der Waals surface area contributed by atoms with Crippen molar-refractivity contribution in [3.63, 3.8) is 0 Å². The molecule has 1 heterocycles. The van der Waals surface area contributed by atoms with Crippen molar-refractivity contribution in [3.05, 3.63) is 88.2 Å². The first-order chi connectivity index (χ1) is 13.9. The molecule has 2 N–H and O–H groups in total. The van der Waals surface area contributed by atoms with Gasteiger partial charge in [-0.3, -0.25) is 14.7 Å². The van der Waals surface area contributed by atoms with Gasteiger partial charge in [-0.25, -0.2) is 14.3 Å². The van der Waals surface area contributed by atoms with Crippen LogP contribution in [0.1, 0.15) is 41.8 Å². The van der Waals surface area contributed by atoms with Crippen molar-refractivity contribution in [1.29, 1.82) is 0 Å². The molecule has 3 aromatic rings. The van der Waals surface area contributed by atoms with Gasteiger partial charge in [0.15, 0.2) is 0 Å². The van der Waals surface area contributed by atoms with Gasteiger partial charge in [0, 0.05) is 5.69 Å². The number of nitrogens with zero attached hydrogens (tertiary/aromatic N) is 2. The molecule has 0 saturated carbocycles. The maximum atomic E-state index is 14.2. The zero-order valence-corrected chi connectivity index (χ0v) is 16.0. The van der Waals surface area contributed by atoms with Crippen LogP contribution in [0, 0.1) is 18.6 Å². The summed E-state index contributed by atoms with van der Waals surface area (Å²) in [7, 11) is 0. The third kappa shape index (κ3) is 3.61. The second-order valence-electron chi connectivity index (χ2n) is 7.51. The number of carbonyl (C=O) groups excluding carboxylic acids is 1. The molecular weight excluding hydrogens is 388 g/mol. The number of aromatic nitrogens is 2. The highest BCUT2D eigenvalue weighted by Crippen LogP contribution is 2.41. The van der Waals surface area contributed by atoms with E-state index in [-0.39, 0.29) is 19.1 Å². The van der Waals surface area contributed by atoms with Gasteiger partial charge < -0.3 is 0 Å². The van der Waals surface area contributed by atoms with E-state index in [2.05, 4.69) is 5.10 Å². The normalized spacial score (nSPS) is 17.7. The standard InChI is InChI=1S/C22H21F2N3O2.CH4/c1-14-18(3-2-4-19(14)24)22(21(28)26-29)10-9-20-16(11-22)12-25-27(20)13-15-5-7-17(23)8-6-15;/h2-8,12,29H,9-11,13H2,1H3,(H,26,28);1H4. The van der Waals surface area contributed by atoms with Gasteiger partial charge in [-0.05, 0) is 66.6 Å². The van der Waals surface area contributed by atoms with Crippen molar-refractivity contribution in [2.75, 3.05) is 0 Å². The Morgan fingerprint density at radius 2 is 1.97 bits per heavy atom. The van der Waals surface area contributed by atoms with Gasteiger partial charge in [0.25, 0.3) is 5.91 Å². The van der Waals surface area contributed by atoms with Gasteiger partial charge in [0.05, 0.1) is 18.2 Å². The largest absolute Gasteiger partial charge is 0.289 e. The van der Waals surface area contributed by atoms with E-state index in [1.165, 1.54) is 18.2 Å². The van der Waals surface area contributed by atoms with Gasteiger partial charge in [0.1, 0.15) is 11.6 Å². The molecule has 0 bridgehead atoms. The van der Waals surface area contributed by atoms with Crippen LogP contribution in [0.4, 0.5) is 8.78 Å². The molecular formula is C23H25F2N3O2. The highest BCUT2D eigenvalue weighted by atomic mass is 19.1. The number of fused-ring (bicyclic) bond motifs is 1. The number of amides is 1. The number of nitrogens with one attached hydrogen (secondary N) is 1. The lowest BCUT2D eigenvalue weighted by atomic mass is 9.67. The highest BCUT2D eigenvalue weighted by Gasteiger charge is 2.45. The summed E-state index contributed by atoms with van der Waals surface area (Å²) in [6.45, 7) is 2.14. The molecule has 7 heteroatoms. The first kappa shape index (κ1) is 21.6. The Bertz CT molecular complexity index is 1060. The van der Waals surface area contributed by atoms with E-state index >= 15 is 0 Å². The third-order valence-corrected chi connectivity index (χ3v) is 5.88. The first-order valence-electron chi connectivity index (χ1n) is 9.43. The van der Waals surface area contributed by atoms with E-state index in [1.807, 2.05) is 4.68 Å². The fourth-order valence-electron chi connectivity index (χ4n) is 4.31. The lowest BCUT2D eigenvalue weighted by Crippen LogP contribution is -2.47. The van der Waals surface area contributed by atoms with Gasteiger partial charge >= 0.3 is 0 Å². The van der Waals surface area contributed by atoms with E-state index in [1.54, 1.807) is 42.9 Å². The number of benzene rings is 2. The molecule has 0 spiro atoms. The quantitative estimate of drug-likeness (QED) is 0.500. The zero-order chi connectivity index (χ0) is 20.6. The number of rotatable bonds is 4. The van der Waals surface area contributed by atoms with Crippen molar-refractivity contribution in [3.8, 4) is 0 Å². The average Bonchev–Trinajstić information content (AvgIpc) is 3.12. The molecule has 1 aliphatic rings. The molecule has 4 rings (SSSR count). The summed E-state index contributed by atoms with van der Waals surface area (Å²) < 4.78 is 29.2. The molecule has 1 aliphatic carbocycles. The number of hydroxylamine groups is 1. The lowest BCUT2D eigenvalue weighted by molar-refractivity contribution is -0.135. The predicted octanol–water partition coefficient (Wildman–Crippen LogP) is 4.09. The summed E-state index contributed by atoms with van der Waals surface area (Å²) in [5, 5.41) is 13.9. The highest BCUT2D eigenvalue weighted by molar-refractivity contribution is 5.88. The molecule has 1 aromatic heterocycles. The van der Waals surface area contributed by atoms with Crippen molar-refractivity contribution in [2.45, 2.75) is 45.6 Å². The smallest absolute Gasteiger partial charge is 0.254 e. The van der Waals surface area contributed by atoms with Crippen LogP contribution in [0.15, 0.2) is 48.7 Å². The fraction of sp³-hybridized carbons (Fsp3) is 0.304. The maximum absolute atomic E-state index is 14.2. The van der Waals surface area contributed by atoms with Crippen molar-refractivity contribution in [1.82, 2.24) is 15.3 Å². The van der Waals surface area contributed by atoms with E-state index in [0.717, 1.165) is 16.8 Å². The Morgan fingerprint density at radius 1 is 1.23 bits per heavy atom. The molecule has 1 amide bonds. The van der Waals surface area contributed by atoms with Crippen molar-refractivity contribution < 1.29 is 18.8 Å². The van der Waals surface area contributed by atoms with Crippen LogP contribution in [0.5, 0.6) is 0 Å². The molecule has 0 aliphatic heterocycles. The van der Waals surface area contributed by atoms with Crippen LogP contribution in [0.2, 0.25) is 0 Å². The molecule has 1 unspecified atom stereocenters. The van der Waals surface area contributed by atoms with Crippen molar-refractivity contribution in [2.24, 2.45) is 0 Å². The molecule has 1 atom stereocenters. The van der Waals surface area contributed by atoms with E-state index < -0.39 is 11.3 Å². The zero-order valence-electron chi connectivity index (χ0n) is 16.0. The number of halogens is 2. The molecule has 0 saturated heterocycles. The second kappa shape index (κ2) is 8.36. The first-order valence-corrected chi connectivity index (χ1v) is 9.43. The summed E-state index contributed by atoms with van der Waals surface area (Å²) in [4.78, 5) is 12.7. The minimum absolute atomic E-state index is 0. The maximum Gasteiger partial charge on any atom is 0.254 e. The van der Waals surface area contributed by atoms with Gasteiger partial charge in [-0.1, -0.05) is 31.7 Å². The molecule has 5 nitrogen and oxygen atoms in total. The van der Waals surface area contributed by atoms with Crippen LogP contribution in [0.25, 0.3) is 0 Å². The minimum Gasteiger partial charge on any atom is -0.289 e. The topological polar surface area (TPSA) is 67.2 Å². The molecule has 2 aromatic carbocycles. The van der Waals surface area contributed by atoms with Gasteiger partial charge in [-0.2, -0.15) is 5.10 Å². The Labute approximate surface area is 174 Å². The van der Waals surface area contributed by atoms with E-state index in [4.69, 9.17) is 0 Å². The minimum atomic E-state index is -1.07. The third-order valence-electron chi connectivity index (χ3n) is 5.88. The Morgan fingerprint density at radius 3 is 2.67 bits per heavy atom. The molecule has 0 radical (unpaired) electrons. The van der Waals surface area contributed by atoms with Crippen molar-refractivity contribution >= 4 is 5.91 Å². The summed E-state index contributed by atoms with van der Waals surface area (Å²) in [5.74, 6) is -1.23. The number of hydrogen-bond acceptors (Lipinski definition) is 3. The summed E-state index contributed by atoms with van der Waals surface area (Å²) >= 11 is 0. The Kier molecular flexibility index (Phi) is 6.03. The molecule has 0 fully saturated rings. The van der Waals surface area contributed by atoms with Crippen LogP contribution >= 0.6 is 0 Å². The number of carbonyl (C=O) groups is 1. The SMILES string of the molecule is C.Cc1c(F)cccc1C1(C(=O)NO)CCc2c(cnn2Cc2ccc(F)cc2)C1. The van der Waals surface area contributed by atoms with Crippen LogP contribution in [-0.2, 0) is 29.6 Å². The summed E-state index contributed by atoms with van der Waals surface area (Å²) in [5.41, 5.74) is 4.47. The second-order valence-corrected chi connectivity index (χ2v) is 7.51.